The first-order valence-electron chi connectivity index (χ1n) is 20.2. The summed E-state index contributed by atoms with van der Waals surface area (Å²) >= 11 is 0. The second-order valence-corrected chi connectivity index (χ2v) is 15.5. The molecule has 2 N–H and O–H groups in total. The molecule has 3 aromatic heterocycles. The minimum absolute atomic E-state index is 0.137. The minimum Gasteiger partial charge on any atom is -0.497 e. The fraction of sp³-hybridized carbons (Fsp3) is 0.176. The SMILES string of the molecule is COc1ccc(-c2c3nc(c(-c4ccc(OC)cc4)c4ccc([nH]4)c(-c4ccc(OC)cc4)c4ccc([nH]4)c(-c4ccc(OC)cc4)c4nc2C2CN(C)CC42)C=C3)cc1. The number of hydrogen-bond acceptors (Lipinski definition) is 7. The zero-order chi connectivity index (χ0) is 40.9. The van der Waals surface area contributed by atoms with Gasteiger partial charge >= 0.3 is 0 Å². The fourth-order valence-corrected chi connectivity index (χ4v) is 9.14. The Labute approximate surface area is 348 Å². The number of methoxy groups -OCH3 is 4. The van der Waals surface area contributed by atoms with Crippen LogP contribution in [0.3, 0.4) is 0 Å². The van der Waals surface area contributed by atoms with Crippen LogP contribution >= 0.6 is 0 Å². The van der Waals surface area contributed by atoms with Gasteiger partial charge < -0.3 is 33.8 Å². The van der Waals surface area contributed by atoms with Crippen molar-refractivity contribution >= 4 is 34.2 Å². The Balaban J connectivity index is 1.38. The first-order chi connectivity index (χ1) is 29.4. The highest BCUT2D eigenvalue weighted by molar-refractivity contribution is 5.98. The molecule has 10 rings (SSSR count). The molecule has 3 aliphatic heterocycles. The molecule has 298 valence electrons. The summed E-state index contributed by atoms with van der Waals surface area (Å²) in [7, 11) is 8.99. The third-order valence-electron chi connectivity index (χ3n) is 12.1. The lowest BCUT2D eigenvalue weighted by Crippen LogP contribution is -2.15. The molecule has 2 atom stereocenters. The van der Waals surface area contributed by atoms with Crippen molar-refractivity contribution in [2.75, 3.05) is 48.6 Å². The number of aromatic amines is 2. The fourth-order valence-electron chi connectivity index (χ4n) is 9.14. The van der Waals surface area contributed by atoms with Crippen LogP contribution < -0.4 is 18.9 Å². The Bertz CT molecular complexity index is 2930. The van der Waals surface area contributed by atoms with Crippen LogP contribution in [-0.4, -0.2) is 73.4 Å². The lowest BCUT2D eigenvalue weighted by molar-refractivity contribution is 0.404. The number of rotatable bonds is 8. The van der Waals surface area contributed by atoms with E-state index in [1.54, 1.807) is 28.4 Å². The molecule has 0 spiro atoms. The lowest BCUT2D eigenvalue weighted by atomic mass is 9.86. The maximum absolute atomic E-state index is 5.77. The van der Waals surface area contributed by atoms with E-state index in [9.17, 15) is 0 Å². The van der Waals surface area contributed by atoms with Crippen LogP contribution in [0.25, 0.3) is 78.7 Å². The number of benzene rings is 4. The Morgan fingerprint density at radius 3 is 1.18 bits per heavy atom. The number of aromatic nitrogens is 4. The van der Waals surface area contributed by atoms with E-state index in [-0.39, 0.29) is 11.8 Å². The van der Waals surface area contributed by atoms with E-state index in [1.807, 2.05) is 48.5 Å². The minimum atomic E-state index is 0.137. The van der Waals surface area contributed by atoms with Gasteiger partial charge in [0.05, 0.1) is 51.2 Å². The average molecular weight is 792 g/mol. The predicted octanol–water partition coefficient (Wildman–Crippen LogP) is 11.0. The smallest absolute Gasteiger partial charge is 0.118 e. The predicted molar refractivity (Wildman–Crippen MR) is 241 cm³/mol. The Morgan fingerprint density at radius 2 is 0.750 bits per heavy atom. The van der Waals surface area contributed by atoms with Crippen LogP contribution in [0.4, 0.5) is 0 Å². The van der Waals surface area contributed by atoms with Gasteiger partial charge in [0, 0.05) is 69.2 Å². The summed E-state index contributed by atoms with van der Waals surface area (Å²) < 4.78 is 22.4. The molecule has 7 aromatic rings. The van der Waals surface area contributed by atoms with E-state index in [1.165, 1.54) is 0 Å². The molecule has 6 heterocycles. The third kappa shape index (κ3) is 6.48. The molecule has 0 radical (unpaired) electrons. The van der Waals surface area contributed by atoms with Gasteiger partial charge in [0.1, 0.15) is 23.0 Å². The van der Waals surface area contributed by atoms with Gasteiger partial charge in [0.2, 0.25) is 0 Å². The monoisotopic (exact) mass is 791 g/mol. The number of hydrogen-bond donors (Lipinski definition) is 2. The van der Waals surface area contributed by atoms with Crippen molar-refractivity contribution in [2.45, 2.75) is 11.8 Å². The molecular formula is C51H45N5O4. The lowest BCUT2D eigenvalue weighted by Gasteiger charge is -2.14. The summed E-state index contributed by atoms with van der Waals surface area (Å²) in [4.78, 5) is 21.5. The molecule has 9 nitrogen and oxygen atoms in total. The molecule has 0 amide bonds. The van der Waals surface area contributed by atoms with Gasteiger partial charge in [-0.05, 0) is 114 Å². The van der Waals surface area contributed by atoms with Crippen molar-refractivity contribution < 1.29 is 18.9 Å². The summed E-state index contributed by atoms with van der Waals surface area (Å²) in [6, 6.07) is 41.7. The van der Waals surface area contributed by atoms with Gasteiger partial charge in [-0.15, -0.1) is 0 Å². The number of likely N-dealkylation sites (N-methyl/N-ethyl adjacent to an activating group) is 1. The number of nitrogens with zero attached hydrogens (tertiary/aromatic N) is 3. The molecule has 8 bridgehead atoms. The third-order valence-corrected chi connectivity index (χ3v) is 12.1. The molecule has 9 heteroatoms. The molecule has 1 fully saturated rings. The highest BCUT2D eigenvalue weighted by atomic mass is 16.5. The Kier molecular flexibility index (Phi) is 9.45. The van der Waals surface area contributed by atoms with E-state index >= 15 is 0 Å². The van der Waals surface area contributed by atoms with Crippen LogP contribution in [0.1, 0.15) is 34.6 Å². The number of nitrogens with one attached hydrogen (secondary N) is 2. The number of H-pyrrole nitrogens is 2. The quantitative estimate of drug-likeness (QED) is 0.158. The second kappa shape index (κ2) is 15.3. The molecule has 3 aliphatic rings. The highest BCUT2D eigenvalue weighted by Gasteiger charge is 2.42. The highest BCUT2D eigenvalue weighted by Crippen LogP contribution is 2.50. The molecule has 2 unspecified atom stereocenters. The van der Waals surface area contributed by atoms with Crippen molar-refractivity contribution in [2.24, 2.45) is 0 Å². The summed E-state index contributed by atoms with van der Waals surface area (Å²) in [6.07, 6.45) is 4.28. The second-order valence-electron chi connectivity index (χ2n) is 15.5. The average Bonchev–Trinajstić information content (AvgIpc) is 4.15. The van der Waals surface area contributed by atoms with Gasteiger partial charge in [0.25, 0.3) is 0 Å². The molecule has 60 heavy (non-hydrogen) atoms. The van der Waals surface area contributed by atoms with Crippen LogP contribution in [0.5, 0.6) is 23.0 Å². The van der Waals surface area contributed by atoms with E-state index in [0.717, 1.165) is 125 Å². The summed E-state index contributed by atoms with van der Waals surface area (Å²) in [5.74, 6) is 3.46. The van der Waals surface area contributed by atoms with Crippen LogP contribution in [0.2, 0.25) is 0 Å². The van der Waals surface area contributed by atoms with Crippen molar-refractivity contribution in [1.82, 2.24) is 24.8 Å². The Morgan fingerprint density at radius 1 is 0.417 bits per heavy atom. The van der Waals surface area contributed by atoms with E-state index in [4.69, 9.17) is 28.9 Å². The topological polar surface area (TPSA) is 97.5 Å². The number of likely N-dealkylation sites (tertiary alicyclic amines) is 1. The standard InChI is InChI=1S/C51H45N5O4/c1-56-28-38-39(29-56)51-49(33-12-20-37(60-5)21-13-33)45-27-25-43(54-45)47(31-8-16-35(58-3)17-9-31)41-23-22-40(52-41)46(30-6-14-34(57-2)15-7-30)42-24-26-44(53-42)48(50(38)55-51)32-10-18-36(59-4)19-11-32/h6-27,38-39,52-53H,28-29H2,1-5H3. The first kappa shape index (κ1) is 37.2. The molecule has 0 aliphatic carbocycles. The largest absolute Gasteiger partial charge is 0.497 e. The van der Waals surface area contributed by atoms with E-state index < -0.39 is 0 Å². The maximum atomic E-state index is 5.77. The van der Waals surface area contributed by atoms with Crippen LogP contribution in [-0.2, 0) is 0 Å². The van der Waals surface area contributed by atoms with E-state index in [2.05, 4.69) is 107 Å². The summed E-state index contributed by atoms with van der Waals surface area (Å²) in [5.41, 5.74) is 15.9. The molecule has 1 saturated heterocycles. The number of fused-ring (bicyclic) bond motifs is 11. The van der Waals surface area contributed by atoms with Crippen LogP contribution in [0.15, 0.2) is 121 Å². The van der Waals surface area contributed by atoms with Gasteiger partial charge in [-0.1, -0.05) is 48.5 Å². The van der Waals surface area contributed by atoms with Crippen molar-refractivity contribution in [3.8, 4) is 67.5 Å². The maximum Gasteiger partial charge on any atom is 0.118 e. The molecular weight excluding hydrogens is 747 g/mol. The first-order valence-corrected chi connectivity index (χ1v) is 20.2. The van der Waals surface area contributed by atoms with Crippen molar-refractivity contribution in [3.63, 3.8) is 0 Å². The van der Waals surface area contributed by atoms with Crippen molar-refractivity contribution in [3.05, 3.63) is 144 Å². The Hall–Kier alpha value is -7.10. The van der Waals surface area contributed by atoms with Crippen molar-refractivity contribution in [1.29, 1.82) is 0 Å². The summed E-state index contributed by atoms with van der Waals surface area (Å²) in [5, 5.41) is 0. The van der Waals surface area contributed by atoms with Gasteiger partial charge in [-0.3, -0.25) is 4.98 Å². The van der Waals surface area contributed by atoms with Crippen LogP contribution in [0, 0.1) is 0 Å². The van der Waals surface area contributed by atoms with Gasteiger partial charge in [-0.2, -0.15) is 0 Å². The van der Waals surface area contributed by atoms with Gasteiger partial charge in [-0.25, -0.2) is 4.98 Å². The van der Waals surface area contributed by atoms with Gasteiger partial charge in [0.15, 0.2) is 0 Å². The zero-order valence-electron chi connectivity index (χ0n) is 34.2. The van der Waals surface area contributed by atoms with E-state index in [0.29, 0.717) is 0 Å². The summed E-state index contributed by atoms with van der Waals surface area (Å²) in [6.45, 7) is 1.75. The molecule has 4 aromatic carbocycles. The normalized spacial score (nSPS) is 15.8. The molecule has 0 saturated carbocycles. The zero-order valence-corrected chi connectivity index (χ0v) is 34.2. The number of ether oxygens (including phenoxy) is 4.